The summed E-state index contributed by atoms with van der Waals surface area (Å²) in [6.07, 6.45) is 2.17. The first kappa shape index (κ1) is 20.0. The number of rotatable bonds is 9. The second-order valence-corrected chi connectivity index (χ2v) is 7.13. The van der Waals surface area contributed by atoms with Crippen LogP contribution in [0.1, 0.15) is 24.5 Å². The minimum Gasteiger partial charge on any atom is -0.490 e. The van der Waals surface area contributed by atoms with Crippen molar-refractivity contribution >= 4 is 11.6 Å². The molecular formula is C22H28ClNO3. The molecule has 5 heteroatoms. The maximum Gasteiger partial charge on any atom is 0.161 e. The van der Waals surface area contributed by atoms with E-state index in [4.69, 9.17) is 25.8 Å². The molecule has 0 aromatic heterocycles. The van der Waals surface area contributed by atoms with E-state index in [2.05, 4.69) is 17.0 Å². The maximum absolute atomic E-state index is 6.04. The van der Waals surface area contributed by atoms with E-state index in [1.54, 1.807) is 0 Å². The van der Waals surface area contributed by atoms with Crippen LogP contribution in [0, 0.1) is 0 Å². The number of nitrogens with zero attached hydrogens (tertiary/aromatic N) is 1. The van der Waals surface area contributed by atoms with Gasteiger partial charge in [-0.25, -0.2) is 0 Å². The van der Waals surface area contributed by atoms with Crippen LogP contribution in [-0.2, 0) is 17.8 Å². The highest BCUT2D eigenvalue weighted by Gasteiger charge is 2.11. The molecule has 1 saturated heterocycles. The van der Waals surface area contributed by atoms with Crippen LogP contribution in [0.4, 0.5) is 0 Å². The zero-order chi connectivity index (χ0) is 18.9. The van der Waals surface area contributed by atoms with Gasteiger partial charge in [-0.1, -0.05) is 29.8 Å². The standard InChI is InChI=1S/C22H28ClNO3/c1-2-26-22-16-18(6-4-10-24-11-13-25-14-12-24)8-9-21(22)27-17-19-5-3-7-20(23)15-19/h3,5,7-9,15-16H,2,4,6,10-14,17H2,1H3. The molecule has 4 nitrogen and oxygen atoms in total. The summed E-state index contributed by atoms with van der Waals surface area (Å²) in [6.45, 7) is 7.98. The highest BCUT2D eigenvalue weighted by atomic mass is 35.5. The second-order valence-electron chi connectivity index (χ2n) is 6.69. The Bertz CT molecular complexity index is 716. The number of benzene rings is 2. The zero-order valence-electron chi connectivity index (χ0n) is 16.0. The van der Waals surface area contributed by atoms with E-state index in [0.717, 1.165) is 67.8 Å². The van der Waals surface area contributed by atoms with Gasteiger partial charge >= 0.3 is 0 Å². The van der Waals surface area contributed by atoms with Gasteiger partial charge < -0.3 is 14.2 Å². The number of hydrogen-bond donors (Lipinski definition) is 0. The van der Waals surface area contributed by atoms with Crippen LogP contribution < -0.4 is 9.47 Å². The summed E-state index contributed by atoms with van der Waals surface area (Å²) in [4.78, 5) is 2.47. The lowest BCUT2D eigenvalue weighted by Crippen LogP contribution is -2.36. The number of hydrogen-bond acceptors (Lipinski definition) is 4. The van der Waals surface area contributed by atoms with Gasteiger partial charge in [0.15, 0.2) is 11.5 Å². The summed E-state index contributed by atoms with van der Waals surface area (Å²) >= 11 is 6.04. The van der Waals surface area contributed by atoms with Gasteiger partial charge in [-0.3, -0.25) is 4.90 Å². The van der Waals surface area contributed by atoms with Gasteiger partial charge in [0, 0.05) is 18.1 Å². The van der Waals surface area contributed by atoms with Crippen molar-refractivity contribution in [1.29, 1.82) is 0 Å². The van der Waals surface area contributed by atoms with Crippen molar-refractivity contribution in [3.05, 3.63) is 58.6 Å². The Labute approximate surface area is 167 Å². The summed E-state index contributed by atoms with van der Waals surface area (Å²) in [5, 5.41) is 0.719. The van der Waals surface area contributed by atoms with E-state index in [1.807, 2.05) is 37.3 Å². The molecule has 1 heterocycles. The molecule has 0 unspecified atom stereocenters. The van der Waals surface area contributed by atoms with Crippen molar-refractivity contribution in [3.63, 3.8) is 0 Å². The predicted octanol–water partition coefficient (Wildman–Crippen LogP) is 4.58. The number of morpholine rings is 1. The van der Waals surface area contributed by atoms with Crippen molar-refractivity contribution < 1.29 is 14.2 Å². The monoisotopic (exact) mass is 389 g/mol. The minimum atomic E-state index is 0.469. The predicted molar refractivity (Wildman–Crippen MR) is 109 cm³/mol. The van der Waals surface area contributed by atoms with Crippen LogP contribution in [0.2, 0.25) is 5.02 Å². The molecule has 0 amide bonds. The third-order valence-corrected chi connectivity index (χ3v) is 4.87. The molecule has 27 heavy (non-hydrogen) atoms. The quantitative estimate of drug-likeness (QED) is 0.628. The molecule has 3 rings (SSSR count). The Hall–Kier alpha value is -1.75. The molecule has 0 radical (unpaired) electrons. The molecule has 0 spiro atoms. The normalized spacial score (nSPS) is 14.9. The molecule has 1 aliphatic rings. The van der Waals surface area contributed by atoms with E-state index in [1.165, 1.54) is 5.56 Å². The molecule has 1 aliphatic heterocycles. The Kier molecular flexibility index (Phi) is 7.81. The first-order valence-electron chi connectivity index (χ1n) is 9.67. The van der Waals surface area contributed by atoms with Crippen molar-refractivity contribution in [2.75, 3.05) is 39.5 Å². The van der Waals surface area contributed by atoms with Crippen molar-refractivity contribution in [3.8, 4) is 11.5 Å². The highest BCUT2D eigenvalue weighted by Crippen LogP contribution is 2.30. The topological polar surface area (TPSA) is 30.9 Å². The second kappa shape index (κ2) is 10.5. The summed E-state index contributed by atoms with van der Waals surface area (Å²) in [5.41, 5.74) is 2.32. The maximum atomic E-state index is 6.04. The fourth-order valence-corrected chi connectivity index (χ4v) is 3.43. The Morgan fingerprint density at radius 3 is 2.63 bits per heavy atom. The number of aryl methyl sites for hydroxylation is 1. The lowest BCUT2D eigenvalue weighted by Gasteiger charge is -2.26. The van der Waals surface area contributed by atoms with Crippen LogP contribution in [-0.4, -0.2) is 44.4 Å². The summed E-state index contributed by atoms with van der Waals surface area (Å²) in [7, 11) is 0. The van der Waals surface area contributed by atoms with E-state index in [-0.39, 0.29) is 0 Å². The largest absolute Gasteiger partial charge is 0.490 e. The molecule has 0 atom stereocenters. The van der Waals surface area contributed by atoms with Gasteiger partial charge in [0.25, 0.3) is 0 Å². The Morgan fingerprint density at radius 2 is 1.85 bits per heavy atom. The highest BCUT2D eigenvalue weighted by molar-refractivity contribution is 6.30. The summed E-state index contributed by atoms with van der Waals surface area (Å²) < 4.78 is 17.2. The SMILES string of the molecule is CCOc1cc(CCCN2CCOCC2)ccc1OCc1cccc(Cl)c1. The van der Waals surface area contributed by atoms with Crippen LogP contribution in [0.25, 0.3) is 0 Å². The Morgan fingerprint density at radius 1 is 1.00 bits per heavy atom. The fraction of sp³-hybridized carbons (Fsp3) is 0.455. The van der Waals surface area contributed by atoms with Crippen molar-refractivity contribution in [2.24, 2.45) is 0 Å². The third kappa shape index (κ3) is 6.42. The molecule has 2 aromatic carbocycles. The van der Waals surface area contributed by atoms with Gasteiger partial charge in [0.1, 0.15) is 6.61 Å². The molecule has 2 aromatic rings. The summed E-state index contributed by atoms with van der Waals surface area (Å²) in [5.74, 6) is 1.58. The molecule has 1 fully saturated rings. The van der Waals surface area contributed by atoms with Gasteiger partial charge in [-0.15, -0.1) is 0 Å². The lowest BCUT2D eigenvalue weighted by atomic mass is 10.1. The lowest BCUT2D eigenvalue weighted by molar-refractivity contribution is 0.0374. The molecule has 0 N–H and O–H groups in total. The zero-order valence-corrected chi connectivity index (χ0v) is 16.7. The van der Waals surface area contributed by atoms with Crippen LogP contribution in [0.15, 0.2) is 42.5 Å². The van der Waals surface area contributed by atoms with Crippen LogP contribution in [0.3, 0.4) is 0 Å². The van der Waals surface area contributed by atoms with Crippen LogP contribution in [0.5, 0.6) is 11.5 Å². The molecule has 0 aliphatic carbocycles. The van der Waals surface area contributed by atoms with E-state index < -0.39 is 0 Å². The average molecular weight is 390 g/mol. The molecule has 146 valence electrons. The van der Waals surface area contributed by atoms with Gasteiger partial charge in [-0.2, -0.15) is 0 Å². The number of halogens is 1. The first-order valence-corrected chi connectivity index (χ1v) is 10.1. The van der Waals surface area contributed by atoms with Crippen molar-refractivity contribution in [2.45, 2.75) is 26.4 Å². The van der Waals surface area contributed by atoms with E-state index in [0.29, 0.717) is 13.2 Å². The van der Waals surface area contributed by atoms with Crippen molar-refractivity contribution in [1.82, 2.24) is 4.90 Å². The van der Waals surface area contributed by atoms with Crippen LogP contribution >= 0.6 is 11.6 Å². The van der Waals surface area contributed by atoms with Gasteiger partial charge in [-0.05, 0) is 61.7 Å². The Balaban J connectivity index is 1.56. The van der Waals surface area contributed by atoms with E-state index >= 15 is 0 Å². The number of ether oxygens (including phenoxy) is 3. The molecular weight excluding hydrogens is 362 g/mol. The third-order valence-electron chi connectivity index (χ3n) is 4.63. The van der Waals surface area contributed by atoms with E-state index in [9.17, 15) is 0 Å². The smallest absolute Gasteiger partial charge is 0.161 e. The summed E-state index contributed by atoms with van der Waals surface area (Å²) in [6, 6.07) is 14.0. The molecule has 0 bridgehead atoms. The van der Waals surface area contributed by atoms with Gasteiger partial charge in [0.2, 0.25) is 0 Å². The first-order chi connectivity index (χ1) is 13.2. The minimum absolute atomic E-state index is 0.469. The fourth-order valence-electron chi connectivity index (χ4n) is 3.21. The average Bonchev–Trinajstić information content (AvgIpc) is 2.68. The van der Waals surface area contributed by atoms with Gasteiger partial charge in [0.05, 0.1) is 19.8 Å². The molecule has 0 saturated carbocycles.